The second-order valence-electron chi connectivity index (χ2n) is 5.12. The molecule has 2 rings (SSSR count). The average molecular weight is 312 g/mol. The van der Waals surface area contributed by atoms with Crippen LogP contribution >= 0.6 is 11.6 Å². The van der Waals surface area contributed by atoms with Gasteiger partial charge in [-0.1, -0.05) is 23.7 Å². The molecule has 1 atom stereocenters. The van der Waals surface area contributed by atoms with Crippen LogP contribution in [0.5, 0.6) is 0 Å². The lowest BCUT2D eigenvalue weighted by molar-refractivity contribution is -0.159. The first-order chi connectivity index (χ1) is 9.97. The number of carboxylic acid groups (broad SMARTS) is 1. The molecule has 0 radical (unpaired) electrons. The fourth-order valence-electron chi connectivity index (χ4n) is 2.23. The van der Waals surface area contributed by atoms with E-state index in [4.69, 9.17) is 21.4 Å². The molecule has 0 bridgehead atoms. The summed E-state index contributed by atoms with van der Waals surface area (Å²) in [5.74, 6) is -1.08. The number of ether oxygens (including phenoxy) is 1. The van der Waals surface area contributed by atoms with E-state index in [0.717, 1.165) is 11.1 Å². The van der Waals surface area contributed by atoms with Crippen molar-refractivity contribution >= 4 is 23.5 Å². The minimum absolute atomic E-state index is 0.0544. The van der Waals surface area contributed by atoms with E-state index in [1.165, 1.54) is 0 Å². The number of halogens is 1. The van der Waals surface area contributed by atoms with Crippen molar-refractivity contribution in [3.8, 4) is 0 Å². The predicted octanol–water partition coefficient (Wildman–Crippen LogP) is 1.89. The molecule has 1 aromatic carbocycles. The van der Waals surface area contributed by atoms with E-state index in [2.05, 4.69) is 0 Å². The monoisotopic (exact) mass is 311 g/mol. The number of carboxylic acids is 1. The van der Waals surface area contributed by atoms with E-state index in [1.807, 2.05) is 25.1 Å². The molecule has 1 N–H and O–H groups in total. The number of rotatable bonds is 4. The lowest BCUT2D eigenvalue weighted by atomic mass is 10.1. The Morgan fingerprint density at radius 3 is 2.90 bits per heavy atom. The summed E-state index contributed by atoms with van der Waals surface area (Å²) < 4.78 is 5.10. The van der Waals surface area contributed by atoms with Gasteiger partial charge < -0.3 is 14.7 Å². The minimum Gasteiger partial charge on any atom is -0.479 e. The number of hydrogen-bond donors (Lipinski definition) is 1. The minimum atomic E-state index is -1.03. The van der Waals surface area contributed by atoms with E-state index in [0.29, 0.717) is 24.4 Å². The highest BCUT2D eigenvalue weighted by atomic mass is 35.5. The second kappa shape index (κ2) is 6.91. The molecule has 5 nitrogen and oxygen atoms in total. The van der Waals surface area contributed by atoms with Gasteiger partial charge in [-0.15, -0.1) is 0 Å². The van der Waals surface area contributed by atoms with Gasteiger partial charge in [-0.2, -0.15) is 0 Å². The SMILES string of the molecule is Cc1ccc(CCC(=O)N2CCOC(C(=O)O)C2)cc1Cl. The fraction of sp³-hybridized carbons (Fsp3) is 0.467. The first kappa shape index (κ1) is 15.8. The van der Waals surface area contributed by atoms with Gasteiger partial charge in [-0.3, -0.25) is 4.79 Å². The maximum atomic E-state index is 12.1. The van der Waals surface area contributed by atoms with Crippen LogP contribution in [-0.4, -0.2) is 47.7 Å². The van der Waals surface area contributed by atoms with Crippen molar-refractivity contribution < 1.29 is 19.4 Å². The van der Waals surface area contributed by atoms with Gasteiger partial charge in [0.15, 0.2) is 6.10 Å². The summed E-state index contributed by atoms with van der Waals surface area (Å²) in [5.41, 5.74) is 2.01. The van der Waals surface area contributed by atoms with E-state index < -0.39 is 12.1 Å². The number of nitrogens with zero attached hydrogens (tertiary/aromatic N) is 1. The zero-order valence-electron chi connectivity index (χ0n) is 11.8. The topological polar surface area (TPSA) is 66.8 Å². The van der Waals surface area contributed by atoms with Gasteiger partial charge in [0.25, 0.3) is 0 Å². The fourth-order valence-corrected chi connectivity index (χ4v) is 2.43. The number of carbonyl (C=O) groups is 2. The number of aryl methyl sites for hydroxylation is 2. The zero-order chi connectivity index (χ0) is 15.4. The molecule has 114 valence electrons. The molecule has 0 spiro atoms. The van der Waals surface area contributed by atoms with Crippen LogP contribution in [0.2, 0.25) is 5.02 Å². The van der Waals surface area contributed by atoms with Crippen LogP contribution in [0.3, 0.4) is 0 Å². The summed E-state index contributed by atoms with van der Waals surface area (Å²) in [7, 11) is 0. The van der Waals surface area contributed by atoms with Crippen molar-refractivity contribution in [1.29, 1.82) is 0 Å². The molecule has 1 saturated heterocycles. The van der Waals surface area contributed by atoms with Gasteiger partial charge in [0.1, 0.15) is 0 Å². The van der Waals surface area contributed by atoms with Crippen molar-refractivity contribution in [3.63, 3.8) is 0 Å². The van der Waals surface area contributed by atoms with Crippen LogP contribution in [0.1, 0.15) is 17.5 Å². The van der Waals surface area contributed by atoms with E-state index in [-0.39, 0.29) is 19.1 Å². The highest BCUT2D eigenvalue weighted by molar-refractivity contribution is 6.31. The van der Waals surface area contributed by atoms with Crippen LogP contribution in [0, 0.1) is 6.92 Å². The quantitative estimate of drug-likeness (QED) is 0.922. The first-order valence-electron chi connectivity index (χ1n) is 6.84. The molecule has 0 saturated carbocycles. The van der Waals surface area contributed by atoms with Gasteiger partial charge in [0.05, 0.1) is 13.2 Å². The van der Waals surface area contributed by atoms with Gasteiger partial charge in [-0.05, 0) is 30.5 Å². The molecule has 0 aliphatic carbocycles. The Morgan fingerprint density at radius 1 is 1.48 bits per heavy atom. The van der Waals surface area contributed by atoms with Crippen molar-refractivity contribution in [2.75, 3.05) is 19.7 Å². The number of benzene rings is 1. The largest absolute Gasteiger partial charge is 0.479 e. The van der Waals surface area contributed by atoms with Crippen molar-refractivity contribution in [2.45, 2.75) is 25.9 Å². The third kappa shape index (κ3) is 4.19. The molecule has 1 amide bonds. The van der Waals surface area contributed by atoms with E-state index in [1.54, 1.807) is 4.90 Å². The maximum Gasteiger partial charge on any atom is 0.334 e. The Labute approximate surface area is 128 Å². The Kier molecular flexibility index (Phi) is 5.20. The lowest BCUT2D eigenvalue weighted by Crippen LogP contribution is -2.48. The van der Waals surface area contributed by atoms with Crippen molar-refractivity contribution in [2.24, 2.45) is 0 Å². The van der Waals surface area contributed by atoms with E-state index >= 15 is 0 Å². The summed E-state index contributed by atoms with van der Waals surface area (Å²) in [6.45, 7) is 2.75. The number of morpholine rings is 1. The Balaban J connectivity index is 1.89. The predicted molar refractivity (Wildman–Crippen MR) is 78.5 cm³/mol. The molecule has 1 aliphatic heterocycles. The molecular formula is C15H18ClNO4. The summed E-state index contributed by atoms with van der Waals surface area (Å²) in [4.78, 5) is 24.6. The summed E-state index contributed by atoms with van der Waals surface area (Å²) in [5, 5.41) is 9.62. The second-order valence-corrected chi connectivity index (χ2v) is 5.53. The Hall–Kier alpha value is -1.59. The molecule has 1 aromatic rings. The third-order valence-corrected chi connectivity index (χ3v) is 3.97. The Bertz CT molecular complexity index is 546. The molecule has 0 aromatic heterocycles. The molecular weight excluding hydrogens is 294 g/mol. The number of amides is 1. The highest BCUT2D eigenvalue weighted by Gasteiger charge is 2.28. The molecule has 1 heterocycles. The highest BCUT2D eigenvalue weighted by Crippen LogP contribution is 2.18. The van der Waals surface area contributed by atoms with Crippen LogP contribution < -0.4 is 0 Å². The molecule has 1 unspecified atom stereocenters. The summed E-state index contributed by atoms with van der Waals surface area (Å²) in [6.07, 6.45) is 0.0103. The van der Waals surface area contributed by atoms with Gasteiger partial charge >= 0.3 is 5.97 Å². The van der Waals surface area contributed by atoms with E-state index in [9.17, 15) is 9.59 Å². The van der Waals surface area contributed by atoms with Crippen LogP contribution in [0.4, 0.5) is 0 Å². The normalized spacial score (nSPS) is 18.6. The number of carbonyl (C=O) groups excluding carboxylic acids is 1. The lowest BCUT2D eigenvalue weighted by Gasteiger charge is -2.31. The average Bonchev–Trinajstić information content (AvgIpc) is 2.48. The third-order valence-electron chi connectivity index (χ3n) is 3.56. The molecule has 6 heteroatoms. The van der Waals surface area contributed by atoms with Crippen molar-refractivity contribution in [3.05, 3.63) is 34.3 Å². The first-order valence-corrected chi connectivity index (χ1v) is 7.22. The standard InChI is InChI=1S/C15H18ClNO4/c1-10-2-3-11(8-12(10)16)4-5-14(18)17-6-7-21-13(9-17)15(19)20/h2-3,8,13H,4-7,9H2,1H3,(H,19,20). The van der Waals surface area contributed by atoms with Crippen LogP contribution in [0.25, 0.3) is 0 Å². The maximum absolute atomic E-state index is 12.1. The van der Waals surface area contributed by atoms with Gasteiger partial charge in [-0.25, -0.2) is 4.79 Å². The molecule has 21 heavy (non-hydrogen) atoms. The number of hydrogen-bond acceptors (Lipinski definition) is 3. The summed E-state index contributed by atoms with van der Waals surface area (Å²) >= 11 is 6.05. The Morgan fingerprint density at radius 2 is 2.24 bits per heavy atom. The van der Waals surface area contributed by atoms with Gasteiger partial charge in [0, 0.05) is 18.0 Å². The molecule has 1 fully saturated rings. The van der Waals surface area contributed by atoms with Crippen LogP contribution in [-0.2, 0) is 20.7 Å². The molecule has 1 aliphatic rings. The van der Waals surface area contributed by atoms with Crippen molar-refractivity contribution in [1.82, 2.24) is 4.90 Å². The zero-order valence-corrected chi connectivity index (χ0v) is 12.6. The number of aliphatic carboxylic acids is 1. The van der Waals surface area contributed by atoms with Gasteiger partial charge in [0.2, 0.25) is 5.91 Å². The van der Waals surface area contributed by atoms with Crippen LogP contribution in [0.15, 0.2) is 18.2 Å². The summed E-state index contributed by atoms with van der Waals surface area (Å²) in [6, 6.07) is 5.74. The smallest absolute Gasteiger partial charge is 0.334 e.